The van der Waals surface area contributed by atoms with Crippen LogP contribution in [0.25, 0.3) is 0 Å². The first-order valence-electron chi connectivity index (χ1n) is 9.10. The number of anilines is 1. The van der Waals surface area contributed by atoms with Crippen molar-refractivity contribution in [2.45, 2.75) is 25.9 Å². The summed E-state index contributed by atoms with van der Waals surface area (Å²) in [6, 6.07) is 10.0. The first kappa shape index (κ1) is 22.6. The van der Waals surface area contributed by atoms with Gasteiger partial charge in [-0.1, -0.05) is 23.7 Å². The maximum absolute atomic E-state index is 13.0. The number of rotatable bonds is 8. The Balaban J connectivity index is 1.92. The van der Waals surface area contributed by atoms with E-state index in [9.17, 15) is 14.0 Å². The highest BCUT2D eigenvalue weighted by Gasteiger charge is 2.22. The molecule has 2 aromatic rings. The third-order valence-electron chi connectivity index (χ3n) is 4.60. The molecule has 2 unspecified atom stereocenters. The van der Waals surface area contributed by atoms with Crippen molar-refractivity contribution in [3.8, 4) is 5.75 Å². The number of benzene rings is 2. The summed E-state index contributed by atoms with van der Waals surface area (Å²) in [4.78, 5) is 26.5. The van der Waals surface area contributed by atoms with Gasteiger partial charge in [-0.3, -0.25) is 14.5 Å². The molecule has 2 N–H and O–H groups in total. The van der Waals surface area contributed by atoms with E-state index in [0.717, 1.165) is 5.56 Å². The largest absolute Gasteiger partial charge is 0.495 e. The lowest BCUT2D eigenvalue weighted by Gasteiger charge is -2.25. The topological polar surface area (TPSA) is 70.7 Å². The van der Waals surface area contributed by atoms with Gasteiger partial charge >= 0.3 is 0 Å². The highest BCUT2D eigenvalue weighted by molar-refractivity contribution is 6.31. The van der Waals surface area contributed by atoms with E-state index >= 15 is 0 Å². The Morgan fingerprint density at radius 1 is 1.17 bits per heavy atom. The van der Waals surface area contributed by atoms with Crippen molar-refractivity contribution in [2.75, 3.05) is 26.0 Å². The molecule has 29 heavy (non-hydrogen) atoms. The molecule has 0 aromatic heterocycles. The Morgan fingerprint density at radius 3 is 2.45 bits per heavy atom. The molecule has 0 aliphatic carbocycles. The Labute approximate surface area is 175 Å². The van der Waals surface area contributed by atoms with Gasteiger partial charge in [-0.25, -0.2) is 4.39 Å². The summed E-state index contributed by atoms with van der Waals surface area (Å²) in [7, 11) is 3.18. The van der Waals surface area contributed by atoms with E-state index in [-0.39, 0.29) is 30.2 Å². The lowest BCUT2D eigenvalue weighted by molar-refractivity contribution is -0.127. The average Bonchev–Trinajstić information content (AvgIpc) is 2.67. The van der Waals surface area contributed by atoms with Crippen LogP contribution in [0.4, 0.5) is 10.1 Å². The minimum absolute atomic E-state index is 0.00478. The number of amides is 2. The molecule has 2 rings (SSSR count). The Morgan fingerprint density at radius 2 is 1.83 bits per heavy atom. The van der Waals surface area contributed by atoms with Crippen molar-refractivity contribution >= 4 is 29.1 Å². The van der Waals surface area contributed by atoms with Gasteiger partial charge in [0.25, 0.3) is 0 Å². The summed E-state index contributed by atoms with van der Waals surface area (Å²) >= 11 is 5.97. The van der Waals surface area contributed by atoms with Gasteiger partial charge < -0.3 is 15.4 Å². The second-order valence-electron chi connectivity index (χ2n) is 6.77. The zero-order chi connectivity index (χ0) is 21.6. The third-order valence-corrected chi connectivity index (χ3v) is 4.83. The quantitative estimate of drug-likeness (QED) is 0.683. The van der Waals surface area contributed by atoms with Crippen LogP contribution in [0, 0.1) is 5.82 Å². The van der Waals surface area contributed by atoms with Crippen LogP contribution in [0.5, 0.6) is 5.75 Å². The highest BCUT2D eigenvalue weighted by Crippen LogP contribution is 2.27. The molecule has 0 bridgehead atoms. The lowest BCUT2D eigenvalue weighted by Crippen LogP contribution is -2.46. The van der Waals surface area contributed by atoms with Crippen LogP contribution in [0.3, 0.4) is 0 Å². The first-order valence-corrected chi connectivity index (χ1v) is 9.48. The minimum Gasteiger partial charge on any atom is -0.495 e. The second kappa shape index (κ2) is 10.2. The summed E-state index contributed by atoms with van der Waals surface area (Å²) in [5, 5.41) is 6.08. The molecule has 0 saturated heterocycles. The number of methoxy groups -OCH3 is 1. The SMILES string of the molecule is COc1ccc(Cl)cc1NC(=O)CN(C)C(C)C(=O)NC(C)c1ccc(F)cc1. The molecule has 0 saturated carbocycles. The Hall–Kier alpha value is -2.64. The van der Waals surface area contributed by atoms with E-state index in [1.807, 2.05) is 6.92 Å². The minimum atomic E-state index is -0.551. The van der Waals surface area contributed by atoms with Crippen LogP contribution < -0.4 is 15.4 Å². The summed E-state index contributed by atoms with van der Waals surface area (Å²) in [6.45, 7) is 3.52. The number of ether oxygens (including phenoxy) is 1. The zero-order valence-corrected chi connectivity index (χ0v) is 17.6. The molecule has 0 aliphatic rings. The lowest BCUT2D eigenvalue weighted by atomic mass is 10.1. The van der Waals surface area contributed by atoms with Crippen molar-refractivity contribution < 1.29 is 18.7 Å². The molecule has 2 aromatic carbocycles. The molecule has 156 valence electrons. The molecule has 0 fully saturated rings. The monoisotopic (exact) mass is 421 g/mol. The molecule has 2 atom stereocenters. The van der Waals surface area contributed by atoms with E-state index in [0.29, 0.717) is 16.5 Å². The number of likely N-dealkylation sites (N-methyl/N-ethyl adjacent to an activating group) is 1. The standard InChI is InChI=1S/C21H25ClFN3O3/c1-13(15-5-8-17(23)9-6-15)24-21(28)14(2)26(3)12-20(27)25-18-11-16(22)7-10-19(18)29-4/h5-11,13-14H,12H2,1-4H3,(H,24,28)(H,25,27). The number of carbonyl (C=O) groups is 2. The predicted octanol–water partition coefficient (Wildman–Crippen LogP) is 3.62. The number of hydrogen-bond acceptors (Lipinski definition) is 4. The number of nitrogens with zero attached hydrogens (tertiary/aromatic N) is 1. The maximum Gasteiger partial charge on any atom is 0.238 e. The zero-order valence-electron chi connectivity index (χ0n) is 16.8. The fourth-order valence-corrected chi connectivity index (χ4v) is 2.87. The number of hydrogen-bond donors (Lipinski definition) is 2. The molecule has 8 heteroatoms. The molecule has 0 heterocycles. The maximum atomic E-state index is 13.0. The number of carbonyl (C=O) groups excluding carboxylic acids is 2. The van der Waals surface area contributed by atoms with Crippen molar-refractivity contribution in [1.29, 1.82) is 0 Å². The molecule has 0 spiro atoms. The third kappa shape index (κ3) is 6.44. The molecule has 0 aliphatic heterocycles. The fourth-order valence-electron chi connectivity index (χ4n) is 2.70. The van der Waals surface area contributed by atoms with Gasteiger partial charge in [0.1, 0.15) is 11.6 Å². The van der Waals surface area contributed by atoms with Crippen LogP contribution >= 0.6 is 11.6 Å². The highest BCUT2D eigenvalue weighted by atomic mass is 35.5. The first-order chi connectivity index (χ1) is 13.7. The fraction of sp³-hybridized carbons (Fsp3) is 0.333. The van der Waals surface area contributed by atoms with Crippen LogP contribution in [0.15, 0.2) is 42.5 Å². The molecular weight excluding hydrogens is 397 g/mol. The van der Waals surface area contributed by atoms with E-state index < -0.39 is 6.04 Å². The molecular formula is C21H25ClFN3O3. The van der Waals surface area contributed by atoms with E-state index in [1.54, 1.807) is 49.2 Å². The average molecular weight is 422 g/mol. The Kier molecular flexibility index (Phi) is 7.99. The van der Waals surface area contributed by atoms with Crippen molar-refractivity contribution in [2.24, 2.45) is 0 Å². The molecule has 0 radical (unpaired) electrons. The summed E-state index contributed by atoms with van der Waals surface area (Å²) in [5.41, 5.74) is 1.25. The second-order valence-corrected chi connectivity index (χ2v) is 7.20. The van der Waals surface area contributed by atoms with Crippen molar-refractivity contribution in [3.63, 3.8) is 0 Å². The number of halogens is 2. The van der Waals surface area contributed by atoms with Gasteiger partial charge in [0.05, 0.1) is 31.4 Å². The van der Waals surface area contributed by atoms with Gasteiger partial charge in [0.15, 0.2) is 0 Å². The Bertz CT molecular complexity index is 861. The van der Waals surface area contributed by atoms with Gasteiger partial charge in [-0.2, -0.15) is 0 Å². The van der Waals surface area contributed by atoms with Gasteiger partial charge in [-0.05, 0) is 56.8 Å². The van der Waals surface area contributed by atoms with Gasteiger partial charge in [-0.15, -0.1) is 0 Å². The predicted molar refractivity (Wildman–Crippen MR) is 112 cm³/mol. The summed E-state index contributed by atoms with van der Waals surface area (Å²) in [6.07, 6.45) is 0. The molecule has 6 nitrogen and oxygen atoms in total. The van der Waals surface area contributed by atoms with Crippen LogP contribution in [-0.2, 0) is 9.59 Å². The van der Waals surface area contributed by atoms with Crippen LogP contribution in [0.1, 0.15) is 25.5 Å². The van der Waals surface area contributed by atoms with Crippen molar-refractivity contribution in [1.82, 2.24) is 10.2 Å². The van der Waals surface area contributed by atoms with Gasteiger partial charge in [0.2, 0.25) is 11.8 Å². The number of nitrogens with one attached hydrogen (secondary N) is 2. The van der Waals surface area contributed by atoms with E-state index in [2.05, 4.69) is 10.6 Å². The summed E-state index contributed by atoms with van der Waals surface area (Å²) in [5.74, 6) is -0.385. The van der Waals surface area contributed by atoms with E-state index in [1.165, 1.54) is 19.2 Å². The molecule has 2 amide bonds. The summed E-state index contributed by atoms with van der Waals surface area (Å²) < 4.78 is 18.3. The van der Waals surface area contributed by atoms with E-state index in [4.69, 9.17) is 16.3 Å². The van der Waals surface area contributed by atoms with Crippen molar-refractivity contribution in [3.05, 3.63) is 58.9 Å². The van der Waals surface area contributed by atoms with Gasteiger partial charge in [0, 0.05) is 5.02 Å². The smallest absolute Gasteiger partial charge is 0.238 e. The van der Waals surface area contributed by atoms with Crippen LogP contribution in [-0.4, -0.2) is 43.5 Å². The normalized spacial score (nSPS) is 12.9. The van der Waals surface area contributed by atoms with Crippen LogP contribution in [0.2, 0.25) is 5.02 Å².